The number of benzene rings is 1. The molecule has 2 heterocycles. The highest BCUT2D eigenvalue weighted by Crippen LogP contribution is 2.24. The minimum atomic E-state index is -0.378. The highest BCUT2D eigenvalue weighted by Gasteiger charge is 2.38. The van der Waals surface area contributed by atoms with Gasteiger partial charge in [-0.15, -0.1) is 0 Å². The Labute approximate surface area is 188 Å². The second-order valence-corrected chi connectivity index (χ2v) is 7.81. The molecular weight excluding hydrogens is 408 g/mol. The quantitative estimate of drug-likeness (QED) is 0.339. The summed E-state index contributed by atoms with van der Waals surface area (Å²) in [6.45, 7) is 5.17. The van der Waals surface area contributed by atoms with E-state index in [0.29, 0.717) is 24.4 Å². The van der Waals surface area contributed by atoms with E-state index >= 15 is 0 Å². The number of nitrogens with zero attached hydrogens (tertiary/aromatic N) is 4. The molecule has 0 unspecified atom stereocenters. The Kier molecular flexibility index (Phi) is 7.45. The summed E-state index contributed by atoms with van der Waals surface area (Å²) in [5.41, 5.74) is 2.61. The third kappa shape index (κ3) is 4.74. The number of aryl methyl sites for hydroxylation is 1. The summed E-state index contributed by atoms with van der Waals surface area (Å²) in [6, 6.07) is 6.93. The van der Waals surface area contributed by atoms with Crippen molar-refractivity contribution in [3.05, 3.63) is 58.8 Å². The van der Waals surface area contributed by atoms with Gasteiger partial charge in [0.15, 0.2) is 0 Å². The van der Waals surface area contributed by atoms with Gasteiger partial charge < -0.3 is 9.30 Å². The summed E-state index contributed by atoms with van der Waals surface area (Å²) in [7, 11) is 2.86. The summed E-state index contributed by atoms with van der Waals surface area (Å²) in [5.74, 6) is 0.219. The SMILES string of the molecule is CCCCN1C(=O)N(C)C(=O)C1=Cc1cnc(CCC)n1Cc1ccc(C(=O)OC)cc1. The van der Waals surface area contributed by atoms with Crippen LogP contribution < -0.4 is 0 Å². The van der Waals surface area contributed by atoms with Crippen molar-refractivity contribution in [2.45, 2.75) is 46.1 Å². The van der Waals surface area contributed by atoms with E-state index in [4.69, 9.17) is 4.74 Å². The predicted molar refractivity (Wildman–Crippen MR) is 121 cm³/mol. The highest BCUT2D eigenvalue weighted by molar-refractivity contribution is 6.13. The molecular formula is C24H30N4O4. The third-order valence-electron chi connectivity index (χ3n) is 5.51. The Balaban J connectivity index is 1.96. The summed E-state index contributed by atoms with van der Waals surface area (Å²) in [6.07, 6.45) is 6.96. The minimum Gasteiger partial charge on any atom is -0.465 e. The Bertz CT molecular complexity index is 1020. The lowest BCUT2D eigenvalue weighted by atomic mass is 10.1. The number of amides is 3. The molecule has 32 heavy (non-hydrogen) atoms. The lowest BCUT2D eigenvalue weighted by Crippen LogP contribution is -2.30. The molecule has 0 spiro atoms. The predicted octanol–water partition coefficient (Wildman–Crippen LogP) is 3.71. The first-order chi connectivity index (χ1) is 15.4. The van der Waals surface area contributed by atoms with Crippen LogP contribution in [0.4, 0.5) is 4.79 Å². The zero-order valence-electron chi connectivity index (χ0n) is 19.1. The van der Waals surface area contributed by atoms with E-state index in [1.165, 1.54) is 14.2 Å². The van der Waals surface area contributed by atoms with Gasteiger partial charge in [0.1, 0.15) is 11.5 Å². The van der Waals surface area contributed by atoms with Crippen molar-refractivity contribution in [3.63, 3.8) is 0 Å². The number of unbranched alkanes of at least 4 members (excludes halogenated alkanes) is 1. The van der Waals surface area contributed by atoms with E-state index in [1.807, 2.05) is 19.1 Å². The number of carbonyl (C=O) groups excluding carboxylic acids is 3. The van der Waals surface area contributed by atoms with Crippen molar-refractivity contribution in [2.24, 2.45) is 0 Å². The molecule has 3 amide bonds. The number of esters is 1. The van der Waals surface area contributed by atoms with Crippen LogP contribution in [0.1, 0.15) is 60.5 Å². The van der Waals surface area contributed by atoms with Crippen molar-refractivity contribution >= 4 is 24.0 Å². The van der Waals surface area contributed by atoms with Gasteiger partial charge in [0, 0.05) is 26.6 Å². The van der Waals surface area contributed by atoms with Crippen LogP contribution >= 0.6 is 0 Å². The van der Waals surface area contributed by atoms with E-state index in [-0.39, 0.29) is 17.9 Å². The van der Waals surface area contributed by atoms with Crippen molar-refractivity contribution in [1.29, 1.82) is 0 Å². The van der Waals surface area contributed by atoms with Crippen LogP contribution in [-0.4, -0.2) is 58.0 Å². The first kappa shape index (κ1) is 23.2. The number of likely N-dealkylation sites (N-methyl/N-ethyl adjacent to an activating group) is 1. The normalized spacial score (nSPS) is 15.2. The molecule has 8 nitrogen and oxygen atoms in total. The average Bonchev–Trinajstić information content (AvgIpc) is 3.26. The number of imide groups is 1. The molecule has 0 aliphatic carbocycles. The van der Waals surface area contributed by atoms with Gasteiger partial charge in [0.05, 0.1) is 24.6 Å². The number of hydrogen-bond donors (Lipinski definition) is 0. The van der Waals surface area contributed by atoms with E-state index in [0.717, 1.165) is 47.7 Å². The molecule has 1 saturated heterocycles. The largest absolute Gasteiger partial charge is 0.465 e. The maximum atomic E-state index is 12.7. The van der Waals surface area contributed by atoms with Gasteiger partial charge in [-0.25, -0.2) is 14.6 Å². The van der Waals surface area contributed by atoms with Gasteiger partial charge in [0.2, 0.25) is 0 Å². The third-order valence-corrected chi connectivity index (χ3v) is 5.51. The molecule has 3 rings (SSSR count). The molecule has 170 valence electrons. The first-order valence-electron chi connectivity index (χ1n) is 10.9. The molecule has 2 aromatic rings. The lowest BCUT2D eigenvalue weighted by Gasteiger charge is -2.16. The van der Waals surface area contributed by atoms with Gasteiger partial charge in [-0.1, -0.05) is 32.4 Å². The Morgan fingerprint density at radius 3 is 2.47 bits per heavy atom. The number of ether oxygens (including phenoxy) is 1. The first-order valence-corrected chi connectivity index (χ1v) is 10.9. The van der Waals surface area contributed by atoms with Crippen LogP contribution in [0.25, 0.3) is 6.08 Å². The molecule has 8 heteroatoms. The zero-order chi connectivity index (χ0) is 23.3. The van der Waals surface area contributed by atoms with E-state index in [9.17, 15) is 14.4 Å². The molecule has 1 aliphatic heterocycles. The topological polar surface area (TPSA) is 84.7 Å². The van der Waals surface area contributed by atoms with Gasteiger partial charge in [-0.2, -0.15) is 0 Å². The van der Waals surface area contributed by atoms with Crippen LogP contribution in [0.3, 0.4) is 0 Å². The van der Waals surface area contributed by atoms with Crippen LogP contribution in [-0.2, 0) is 22.5 Å². The summed E-state index contributed by atoms with van der Waals surface area (Å²) >= 11 is 0. The van der Waals surface area contributed by atoms with Gasteiger partial charge in [0.25, 0.3) is 5.91 Å². The van der Waals surface area contributed by atoms with Crippen LogP contribution in [0.2, 0.25) is 0 Å². The molecule has 0 atom stereocenters. The fourth-order valence-corrected chi connectivity index (χ4v) is 3.67. The fraction of sp³-hybridized carbons (Fsp3) is 0.417. The second-order valence-electron chi connectivity index (χ2n) is 7.81. The summed E-state index contributed by atoms with van der Waals surface area (Å²) in [5, 5.41) is 0. The fourth-order valence-electron chi connectivity index (χ4n) is 3.67. The molecule has 1 aromatic heterocycles. The second kappa shape index (κ2) is 10.3. The van der Waals surface area contributed by atoms with Gasteiger partial charge in [-0.3, -0.25) is 14.6 Å². The number of carbonyl (C=O) groups is 3. The standard InChI is InChI=1S/C24H30N4O4/c1-5-7-13-27-20(22(29)26(3)24(27)31)14-19-15-25-21(8-6-2)28(19)16-17-9-11-18(12-10-17)23(30)32-4/h9-12,14-15H,5-8,13,16H2,1-4H3. The maximum absolute atomic E-state index is 12.7. The minimum absolute atomic E-state index is 0.298. The zero-order valence-corrected chi connectivity index (χ0v) is 19.1. The number of aromatic nitrogens is 2. The Morgan fingerprint density at radius 2 is 1.84 bits per heavy atom. The van der Waals surface area contributed by atoms with Crippen LogP contribution in [0.15, 0.2) is 36.2 Å². The molecule has 0 radical (unpaired) electrons. The Morgan fingerprint density at radius 1 is 1.12 bits per heavy atom. The van der Waals surface area contributed by atoms with E-state index in [2.05, 4.69) is 16.5 Å². The van der Waals surface area contributed by atoms with E-state index < -0.39 is 0 Å². The van der Waals surface area contributed by atoms with Gasteiger partial charge >= 0.3 is 12.0 Å². The molecule has 1 fully saturated rings. The van der Waals surface area contributed by atoms with Crippen LogP contribution in [0.5, 0.6) is 0 Å². The Hall–Kier alpha value is -3.42. The number of urea groups is 1. The summed E-state index contributed by atoms with van der Waals surface area (Å²) < 4.78 is 6.82. The molecule has 0 saturated carbocycles. The number of methoxy groups -OCH3 is 1. The van der Waals surface area contributed by atoms with Crippen molar-refractivity contribution < 1.29 is 19.1 Å². The highest BCUT2D eigenvalue weighted by atomic mass is 16.5. The monoisotopic (exact) mass is 438 g/mol. The van der Waals surface area contributed by atoms with Crippen molar-refractivity contribution in [3.8, 4) is 0 Å². The van der Waals surface area contributed by atoms with Crippen LogP contribution in [0, 0.1) is 0 Å². The maximum Gasteiger partial charge on any atom is 0.337 e. The molecule has 1 aliphatic rings. The molecule has 0 N–H and O–H groups in total. The van der Waals surface area contributed by atoms with Crippen molar-refractivity contribution in [1.82, 2.24) is 19.4 Å². The number of imidazole rings is 1. The average molecular weight is 439 g/mol. The lowest BCUT2D eigenvalue weighted by molar-refractivity contribution is -0.122. The van der Waals surface area contributed by atoms with Crippen molar-refractivity contribution in [2.75, 3.05) is 20.7 Å². The van der Waals surface area contributed by atoms with Gasteiger partial charge in [-0.05, 0) is 36.6 Å². The number of hydrogen-bond acceptors (Lipinski definition) is 5. The molecule has 0 bridgehead atoms. The molecule has 1 aromatic carbocycles. The van der Waals surface area contributed by atoms with E-state index in [1.54, 1.807) is 29.3 Å². The number of rotatable bonds is 9. The summed E-state index contributed by atoms with van der Waals surface area (Å²) in [4.78, 5) is 44.3. The smallest absolute Gasteiger partial charge is 0.337 e.